The zero-order valence-corrected chi connectivity index (χ0v) is 20.5. The molecule has 1 heterocycles. The lowest BCUT2D eigenvalue weighted by Gasteiger charge is -2.36. The highest BCUT2D eigenvalue weighted by Gasteiger charge is 2.26. The van der Waals surface area contributed by atoms with Crippen LogP contribution in [0.5, 0.6) is 0 Å². The summed E-state index contributed by atoms with van der Waals surface area (Å²) in [5.74, 6) is 2.70. The second kappa shape index (κ2) is 9.79. The Labute approximate surface area is 204 Å². The number of nitrogens with zero attached hydrogens (tertiary/aromatic N) is 2. The first-order chi connectivity index (χ1) is 16.5. The van der Waals surface area contributed by atoms with Crippen LogP contribution in [-0.2, 0) is 9.52 Å². The van der Waals surface area contributed by atoms with Gasteiger partial charge in [0.05, 0.1) is 11.8 Å². The van der Waals surface area contributed by atoms with E-state index < -0.39 is 21.4 Å². The van der Waals surface area contributed by atoms with Crippen molar-refractivity contribution in [3.8, 4) is 11.1 Å². The normalized spacial score (nSPS) is 16.6. The largest absolute Gasteiger partial charge is 0.389 e. The minimum atomic E-state index is -2.55. The highest BCUT2D eigenvalue weighted by atomic mass is 32.2. The van der Waals surface area contributed by atoms with Crippen LogP contribution in [0, 0.1) is 11.6 Å². The van der Waals surface area contributed by atoms with Crippen molar-refractivity contribution in [3.63, 3.8) is 0 Å². The van der Waals surface area contributed by atoms with Gasteiger partial charge < -0.3 is 14.9 Å². The lowest BCUT2D eigenvalue weighted by atomic mass is 9.98. The number of hydrogen-bond donors (Lipinski definition) is 1. The standard InChI is InChI=1S/C27H28F2N2O3S/c1-18(32)20-6-11-26(25(29)16-20)30-12-14-31(15-13-30)27(33)24-17-22(35(2,3)34)9-10-23(24)19-4-7-21(28)8-5-19/h4-11,16-18,32H,2,12-15H2,1,3H3. The van der Waals surface area contributed by atoms with Gasteiger partial charge in [0.1, 0.15) is 11.6 Å². The molecule has 1 saturated heterocycles. The Hall–Kier alpha value is -3.23. The maximum absolute atomic E-state index is 14.6. The van der Waals surface area contributed by atoms with Gasteiger partial charge in [-0.15, -0.1) is 0 Å². The summed E-state index contributed by atoms with van der Waals surface area (Å²) in [5.41, 5.74) is 2.59. The number of halogens is 2. The third-order valence-corrected chi connectivity index (χ3v) is 7.49. The number of carbonyl (C=O) groups excluding carboxylic acids is 1. The Bertz CT molecular complexity index is 1350. The fourth-order valence-corrected chi connectivity index (χ4v) is 4.93. The Morgan fingerprint density at radius 1 is 1.00 bits per heavy atom. The lowest BCUT2D eigenvalue weighted by molar-refractivity contribution is 0.0747. The summed E-state index contributed by atoms with van der Waals surface area (Å²) in [6, 6.07) is 15.6. The zero-order valence-electron chi connectivity index (χ0n) is 19.7. The van der Waals surface area contributed by atoms with Crippen LogP contribution in [0.1, 0.15) is 28.9 Å². The first-order valence-electron chi connectivity index (χ1n) is 11.3. The van der Waals surface area contributed by atoms with E-state index in [0.29, 0.717) is 59.0 Å². The molecule has 1 amide bonds. The van der Waals surface area contributed by atoms with Crippen LogP contribution in [0.2, 0.25) is 0 Å². The van der Waals surface area contributed by atoms with Gasteiger partial charge in [0.2, 0.25) is 0 Å². The predicted octanol–water partition coefficient (Wildman–Crippen LogP) is 4.35. The molecule has 8 heteroatoms. The van der Waals surface area contributed by atoms with Gasteiger partial charge in [-0.2, -0.15) is 0 Å². The minimum Gasteiger partial charge on any atom is -0.389 e. The summed E-state index contributed by atoms with van der Waals surface area (Å²) >= 11 is 0. The van der Waals surface area contributed by atoms with Crippen LogP contribution < -0.4 is 4.90 Å². The number of hydrogen-bond acceptors (Lipinski definition) is 4. The molecule has 1 N–H and O–H groups in total. The summed E-state index contributed by atoms with van der Waals surface area (Å²) in [6.07, 6.45) is 0.764. The van der Waals surface area contributed by atoms with Crippen LogP contribution in [-0.4, -0.2) is 58.4 Å². The average Bonchev–Trinajstić information content (AvgIpc) is 2.83. The fraction of sp³-hybridized carbons (Fsp3) is 0.259. The van der Waals surface area contributed by atoms with Crippen molar-refractivity contribution >= 4 is 27.0 Å². The maximum Gasteiger partial charge on any atom is 0.254 e. The summed E-state index contributed by atoms with van der Waals surface area (Å²) in [7, 11) is -2.55. The van der Waals surface area contributed by atoms with E-state index in [2.05, 4.69) is 5.87 Å². The van der Waals surface area contributed by atoms with Crippen LogP contribution in [0.15, 0.2) is 65.6 Å². The van der Waals surface area contributed by atoms with Crippen LogP contribution in [0.25, 0.3) is 11.1 Å². The molecule has 0 spiro atoms. The molecule has 0 aromatic heterocycles. The van der Waals surface area contributed by atoms with Gasteiger partial charge in [-0.25, -0.2) is 8.78 Å². The highest BCUT2D eigenvalue weighted by molar-refractivity contribution is 7.99. The summed E-state index contributed by atoms with van der Waals surface area (Å²) < 4.78 is 40.7. The van der Waals surface area contributed by atoms with Crippen LogP contribution >= 0.6 is 0 Å². The minimum absolute atomic E-state index is 0.237. The molecular formula is C27H28F2N2O3S. The van der Waals surface area contributed by atoms with E-state index in [0.717, 1.165) is 0 Å². The molecule has 1 aliphatic rings. The quantitative estimate of drug-likeness (QED) is 0.532. The van der Waals surface area contributed by atoms with Gasteiger partial charge in [0.15, 0.2) is 0 Å². The van der Waals surface area contributed by atoms with Crippen LogP contribution in [0.3, 0.4) is 0 Å². The summed E-state index contributed by atoms with van der Waals surface area (Å²) in [6.45, 7) is 3.19. The van der Waals surface area contributed by atoms with Gasteiger partial charge in [0, 0.05) is 42.9 Å². The number of amides is 1. The van der Waals surface area contributed by atoms with Crippen molar-refractivity contribution in [3.05, 3.63) is 83.4 Å². The van der Waals surface area contributed by atoms with Crippen molar-refractivity contribution < 1.29 is 22.9 Å². The molecule has 4 rings (SSSR count). The molecule has 1 aliphatic heterocycles. The molecule has 0 saturated carbocycles. The molecule has 0 aliphatic carbocycles. The van der Waals surface area contributed by atoms with E-state index >= 15 is 0 Å². The van der Waals surface area contributed by atoms with Crippen molar-refractivity contribution in [2.75, 3.05) is 37.3 Å². The van der Waals surface area contributed by atoms with Gasteiger partial charge >= 0.3 is 0 Å². The number of aliphatic hydroxyl groups is 1. The molecule has 0 radical (unpaired) electrons. The molecule has 2 unspecified atom stereocenters. The van der Waals surface area contributed by atoms with Crippen molar-refractivity contribution in [2.45, 2.75) is 17.9 Å². The van der Waals surface area contributed by atoms with Crippen molar-refractivity contribution in [1.29, 1.82) is 0 Å². The third kappa shape index (κ3) is 5.39. The lowest BCUT2D eigenvalue weighted by Crippen LogP contribution is -2.49. The van der Waals surface area contributed by atoms with Crippen LogP contribution in [0.4, 0.5) is 14.5 Å². The molecule has 35 heavy (non-hydrogen) atoms. The zero-order chi connectivity index (χ0) is 25.3. The Balaban J connectivity index is 1.59. The number of rotatable bonds is 5. The monoisotopic (exact) mass is 498 g/mol. The number of aliphatic hydroxyl groups excluding tert-OH is 1. The van der Waals surface area contributed by atoms with Crippen molar-refractivity contribution in [2.24, 2.45) is 0 Å². The van der Waals surface area contributed by atoms with E-state index in [9.17, 15) is 22.9 Å². The number of anilines is 1. The second-order valence-electron chi connectivity index (χ2n) is 8.89. The Morgan fingerprint density at radius 3 is 2.23 bits per heavy atom. The van der Waals surface area contributed by atoms with Gasteiger partial charge in [-0.05, 0) is 75.4 Å². The van der Waals surface area contributed by atoms with Gasteiger partial charge in [-0.3, -0.25) is 9.00 Å². The fourth-order valence-electron chi connectivity index (χ4n) is 4.21. The smallest absolute Gasteiger partial charge is 0.254 e. The molecule has 0 bridgehead atoms. The maximum atomic E-state index is 14.6. The summed E-state index contributed by atoms with van der Waals surface area (Å²) in [4.78, 5) is 17.6. The summed E-state index contributed by atoms with van der Waals surface area (Å²) in [5, 5.41) is 9.68. The van der Waals surface area contributed by atoms with Crippen molar-refractivity contribution in [1.82, 2.24) is 4.90 Å². The first kappa shape index (κ1) is 24.9. The molecule has 184 valence electrons. The topological polar surface area (TPSA) is 60.9 Å². The number of carbonyl (C=O) groups is 1. The number of benzene rings is 3. The third-order valence-electron chi connectivity index (χ3n) is 6.24. The van der Waals surface area contributed by atoms with Gasteiger partial charge in [0.25, 0.3) is 5.91 Å². The Morgan fingerprint density at radius 2 is 1.66 bits per heavy atom. The molecule has 3 aromatic rings. The predicted molar refractivity (Wildman–Crippen MR) is 136 cm³/mol. The van der Waals surface area contributed by atoms with Gasteiger partial charge in [-0.1, -0.05) is 24.3 Å². The molecule has 5 nitrogen and oxygen atoms in total. The molecule has 1 fully saturated rings. The molecule has 2 atom stereocenters. The Kier molecular flexibility index (Phi) is 6.96. The molecule has 3 aromatic carbocycles. The number of piperazine rings is 1. The van der Waals surface area contributed by atoms with E-state index in [1.54, 1.807) is 54.3 Å². The second-order valence-corrected chi connectivity index (χ2v) is 11.4. The SMILES string of the molecule is C=S(C)(=O)c1ccc(-c2ccc(F)cc2)c(C(=O)N2CCN(c3ccc(C(C)O)cc3F)CC2)c1. The molecular weight excluding hydrogens is 470 g/mol. The van der Waals surface area contributed by atoms with E-state index in [1.165, 1.54) is 24.5 Å². The first-order valence-corrected chi connectivity index (χ1v) is 13.4. The van der Waals surface area contributed by atoms with E-state index in [-0.39, 0.29) is 11.7 Å². The van der Waals surface area contributed by atoms with E-state index in [1.807, 2.05) is 4.90 Å². The van der Waals surface area contributed by atoms with E-state index in [4.69, 9.17) is 0 Å². The highest BCUT2D eigenvalue weighted by Crippen LogP contribution is 2.29. The average molecular weight is 499 g/mol.